The maximum absolute atomic E-state index is 12.5. The van der Waals surface area contributed by atoms with Crippen LogP contribution < -0.4 is 20.1 Å². The summed E-state index contributed by atoms with van der Waals surface area (Å²) >= 11 is 1.27. The summed E-state index contributed by atoms with van der Waals surface area (Å²) in [4.78, 5) is 29.0. The molecule has 0 saturated carbocycles. The van der Waals surface area contributed by atoms with Gasteiger partial charge in [0, 0.05) is 23.6 Å². The van der Waals surface area contributed by atoms with E-state index in [0.29, 0.717) is 34.4 Å². The smallest absolute Gasteiger partial charge is 0.257 e. The van der Waals surface area contributed by atoms with Crippen molar-refractivity contribution in [2.24, 2.45) is 0 Å². The molecule has 0 unspecified atom stereocenters. The number of hydrogen-bond acceptors (Lipinski definition) is 6. The van der Waals surface area contributed by atoms with E-state index in [1.54, 1.807) is 23.6 Å². The topological polar surface area (TPSA) is 89.6 Å². The number of carbonyl (C=O) groups is 2. The number of aryl methyl sites for hydroxylation is 1. The Bertz CT molecular complexity index is 998. The molecule has 0 atom stereocenters. The fraction of sp³-hybridized carbons (Fsp3) is 0.261. The Morgan fingerprint density at radius 3 is 2.42 bits per heavy atom. The molecular weight excluding hydrogens is 414 g/mol. The van der Waals surface area contributed by atoms with Crippen molar-refractivity contribution in [3.05, 3.63) is 70.7 Å². The number of anilines is 1. The van der Waals surface area contributed by atoms with Crippen molar-refractivity contribution in [3.8, 4) is 11.5 Å². The molecule has 0 aliphatic heterocycles. The molecule has 2 aromatic carbocycles. The van der Waals surface area contributed by atoms with Gasteiger partial charge in [-0.25, -0.2) is 4.98 Å². The van der Waals surface area contributed by atoms with Crippen LogP contribution >= 0.6 is 11.3 Å². The lowest BCUT2D eigenvalue weighted by atomic mass is 10.1. The Labute approximate surface area is 185 Å². The Kier molecular flexibility index (Phi) is 8.00. The predicted molar refractivity (Wildman–Crippen MR) is 121 cm³/mol. The number of carbonyl (C=O) groups excluding carboxylic acids is 2. The lowest BCUT2D eigenvalue weighted by Crippen LogP contribution is -2.26. The summed E-state index contributed by atoms with van der Waals surface area (Å²) in [5, 5.41) is 7.86. The lowest BCUT2D eigenvalue weighted by Gasteiger charge is -2.08. The van der Waals surface area contributed by atoms with Gasteiger partial charge in [0.2, 0.25) is 5.91 Å². The van der Waals surface area contributed by atoms with E-state index in [-0.39, 0.29) is 18.2 Å². The van der Waals surface area contributed by atoms with Gasteiger partial charge in [-0.1, -0.05) is 30.3 Å². The molecule has 0 aliphatic rings. The van der Waals surface area contributed by atoms with Crippen LogP contribution in [0.1, 0.15) is 28.0 Å². The van der Waals surface area contributed by atoms with Crippen LogP contribution in [0, 0.1) is 0 Å². The minimum absolute atomic E-state index is 0.0891. The standard InChI is InChI=1S/C23H25N3O4S/c1-29-19-11-17(12-20(14-19)30-2)22(28)26-23-25-18(15-31-23)13-21(27)24-10-6-9-16-7-4-3-5-8-16/h3-5,7-8,11-12,14-15H,6,9-10,13H2,1-2H3,(H,24,27)(H,25,26,28). The van der Waals surface area contributed by atoms with Gasteiger partial charge in [0.05, 0.1) is 26.3 Å². The summed E-state index contributed by atoms with van der Waals surface area (Å²) in [5.74, 6) is 0.624. The third-order valence-electron chi connectivity index (χ3n) is 4.53. The molecule has 2 N–H and O–H groups in total. The second-order valence-electron chi connectivity index (χ2n) is 6.82. The van der Waals surface area contributed by atoms with Crippen LogP contribution in [-0.2, 0) is 17.6 Å². The molecule has 0 radical (unpaired) electrons. The number of amides is 2. The number of rotatable bonds is 10. The van der Waals surface area contributed by atoms with E-state index in [0.717, 1.165) is 12.8 Å². The molecule has 2 amide bonds. The van der Waals surface area contributed by atoms with Crippen LogP contribution in [0.2, 0.25) is 0 Å². The number of ether oxygens (including phenoxy) is 2. The van der Waals surface area contributed by atoms with Gasteiger partial charge in [0.25, 0.3) is 5.91 Å². The molecule has 162 valence electrons. The molecule has 3 aromatic rings. The second kappa shape index (κ2) is 11.1. The molecule has 1 aromatic heterocycles. The number of hydrogen-bond donors (Lipinski definition) is 2. The van der Waals surface area contributed by atoms with Gasteiger partial charge in [0.15, 0.2) is 5.13 Å². The zero-order chi connectivity index (χ0) is 22.1. The zero-order valence-corrected chi connectivity index (χ0v) is 18.3. The monoisotopic (exact) mass is 439 g/mol. The van der Waals surface area contributed by atoms with Crippen molar-refractivity contribution in [2.45, 2.75) is 19.3 Å². The minimum atomic E-state index is -0.330. The minimum Gasteiger partial charge on any atom is -0.497 e. The van der Waals surface area contributed by atoms with Crippen molar-refractivity contribution in [1.82, 2.24) is 10.3 Å². The highest BCUT2D eigenvalue weighted by molar-refractivity contribution is 7.14. The van der Waals surface area contributed by atoms with Crippen LogP contribution in [0.3, 0.4) is 0 Å². The van der Waals surface area contributed by atoms with E-state index in [2.05, 4.69) is 27.8 Å². The first-order chi connectivity index (χ1) is 15.1. The first-order valence-corrected chi connectivity index (χ1v) is 10.7. The molecule has 0 aliphatic carbocycles. The number of nitrogens with zero attached hydrogens (tertiary/aromatic N) is 1. The normalized spacial score (nSPS) is 10.4. The summed E-state index contributed by atoms with van der Waals surface area (Å²) in [7, 11) is 3.05. The van der Waals surface area contributed by atoms with E-state index >= 15 is 0 Å². The zero-order valence-electron chi connectivity index (χ0n) is 17.5. The van der Waals surface area contributed by atoms with E-state index in [4.69, 9.17) is 9.47 Å². The Morgan fingerprint density at radius 1 is 1.03 bits per heavy atom. The van der Waals surface area contributed by atoms with Crippen molar-refractivity contribution in [1.29, 1.82) is 0 Å². The fourth-order valence-electron chi connectivity index (χ4n) is 2.95. The average molecular weight is 440 g/mol. The van der Waals surface area contributed by atoms with Crippen LogP contribution in [0.25, 0.3) is 0 Å². The first-order valence-electron chi connectivity index (χ1n) is 9.87. The van der Waals surface area contributed by atoms with Gasteiger partial charge < -0.3 is 14.8 Å². The number of thiazole rings is 1. The Balaban J connectivity index is 1.47. The average Bonchev–Trinajstić information content (AvgIpc) is 3.23. The van der Waals surface area contributed by atoms with Gasteiger partial charge in [-0.3, -0.25) is 14.9 Å². The summed E-state index contributed by atoms with van der Waals surface area (Å²) in [6, 6.07) is 15.1. The number of aromatic nitrogens is 1. The molecule has 0 spiro atoms. The number of benzene rings is 2. The summed E-state index contributed by atoms with van der Waals surface area (Å²) in [5.41, 5.74) is 2.26. The van der Waals surface area contributed by atoms with Gasteiger partial charge >= 0.3 is 0 Å². The Morgan fingerprint density at radius 2 is 1.74 bits per heavy atom. The SMILES string of the molecule is COc1cc(OC)cc(C(=O)Nc2nc(CC(=O)NCCCc3ccccc3)cs2)c1. The van der Waals surface area contributed by atoms with E-state index in [1.165, 1.54) is 31.1 Å². The van der Waals surface area contributed by atoms with Crippen LogP contribution in [0.4, 0.5) is 5.13 Å². The predicted octanol–water partition coefficient (Wildman–Crippen LogP) is 3.70. The quantitative estimate of drug-likeness (QED) is 0.470. The fourth-order valence-corrected chi connectivity index (χ4v) is 3.65. The lowest BCUT2D eigenvalue weighted by molar-refractivity contribution is -0.120. The maximum atomic E-state index is 12.5. The van der Waals surface area contributed by atoms with Crippen molar-refractivity contribution >= 4 is 28.3 Å². The molecule has 0 saturated heterocycles. The highest BCUT2D eigenvalue weighted by Crippen LogP contribution is 2.24. The highest BCUT2D eigenvalue weighted by Gasteiger charge is 2.13. The van der Waals surface area contributed by atoms with Gasteiger partial charge in [0.1, 0.15) is 11.5 Å². The maximum Gasteiger partial charge on any atom is 0.257 e. The third kappa shape index (κ3) is 6.82. The van der Waals surface area contributed by atoms with Crippen molar-refractivity contribution in [3.63, 3.8) is 0 Å². The molecule has 8 heteroatoms. The highest BCUT2D eigenvalue weighted by atomic mass is 32.1. The Hall–Kier alpha value is -3.39. The first kappa shape index (κ1) is 22.3. The molecule has 0 fully saturated rings. The molecule has 0 bridgehead atoms. The van der Waals surface area contributed by atoms with Crippen molar-refractivity contribution < 1.29 is 19.1 Å². The van der Waals surface area contributed by atoms with Gasteiger partial charge in [-0.05, 0) is 30.5 Å². The molecule has 31 heavy (non-hydrogen) atoms. The van der Waals surface area contributed by atoms with E-state index in [9.17, 15) is 9.59 Å². The summed E-state index contributed by atoms with van der Waals surface area (Å²) < 4.78 is 10.4. The largest absolute Gasteiger partial charge is 0.497 e. The molecule has 3 rings (SSSR count). The number of nitrogens with one attached hydrogen (secondary N) is 2. The van der Waals surface area contributed by atoms with Crippen LogP contribution in [-0.4, -0.2) is 37.6 Å². The van der Waals surface area contributed by atoms with E-state index < -0.39 is 0 Å². The van der Waals surface area contributed by atoms with E-state index in [1.807, 2.05) is 18.2 Å². The van der Waals surface area contributed by atoms with Crippen LogP contribution in [0.5, 0.6) is 11.5 Å². The number of methoxy groups -OCH3 is 2. The third-order valence-corrected chi connectivity index (χ3v) is 5.34. The molecule has 7 nitrogen and oxygen atoms in total. The molecule has 1 heterocycles. The van der Waals surface area contributed by atoms with Gasteiger partial charge in [-0.2, -0.15) is 0 Å². The second-order valence-corrected chi connectivity index (χ2v) is 7.67. The summed E-state index contributed by atoms with van der Waals surface area (Å²) in [6.45, 7) is 0.610. The van der Waals surface area contributed by atoms with Crippen LogP contribution in [0.15, 0.2) is 53.9 Å². The van der Waals surface area contributed by atoms with Crippen molar-refractivity contribution in [2.75, 3.05) is 26.1 Å². The molecular formula is C23H25N3O4S. The summed E-state index contributed by atoms with van der Waals surface area (Å²) in [6.07, 6.45) is 1.96. The van der Waals surface area contributed by atoms with Gasteiger partial charge in [-0.15, -0.1) is 11.3 Å².